The first kappa shape index (κ1) is 19.2. The van der Waals surface area contributed by atoms with E-state index in [1.165, 1.54) is 0 Å². The van der Waals surface area contributed by atoms with E-state index in [9.17, 15) is 14.4 Å². The molecule has 0 unspecified atom stereocenters. The van der Waals surface area contributed by atoms with Crippen LogP contribution in [0.5, 0.6) is 11.5 Å². The minimum Gasteiger partial charge on any atom is -0.486 e. The molecule has 0 aliphatic carbocycles. The maximum absolute atomic E-state index is 12.9. The van der Waals surface area contributed by atoms with Crippen LogP contribution >= 0.6 is 0 Å². The SMILES string of the molecule is Cc1[nH]c2ccccc2c1C(=O)C(=O)N[C@@H]1CC(=O)N(c2ccc3c(c2)OCCO3)C1. The average Bonchev–Trinajstić information content (AvgIpc) is 3.31. The van der Waals surface area contributed by atoms with Gasteiger partial charge in [0, 0.05) is 41.3 Å². The second kappa shape index (κ2) is 7.46. The van der Waals surface area contributed by atoms with Gasteiger partial charge >= 0.3 is 0 Å². The van der Waals surface area contributed by atoms with Crippen LogP contribution in [0.1, 0.15) is 22.5 Å². The molecule has 31 heavy (non-hydrogen) atoms. The van der Waals surface area contributed by atoms with E-state index in [0.29, 0.717) is 47.0 Å². The molecule has 0 radical (unpaired) electrons. The fourth-order valence-corrected chi connectivity index (χ4v) is 4.19. The number of rotatable bonds is 4. The first-order valence-electron chi connectivity index (χ1n) is 10.1. The number of aryl methyl sites for hydroxylation is 1. The van der Waals surface area contributed by atoms with Gasteiger partial charge in [0.2, 0.25) is 5.91 Å². The number of benzene rings is 2. The summed E-state index contributed by atoms with van der Waals surface area (Å²) >= 11 is 0. The van der Waals surface area contributed by atoms with Crippen LogP contribution in [0.15, 0.2) is 42.5 Å². The highest BCUT2D eigenvalue weighted by atomic mass is 16.6. The Kier molecular flexibility index (Phi) is 4.62. The lowest BCUT2D eigenvalue weighted by Gasteiger charge is -2.22. The Hall–Kier alpha value is -3.81. The summed E-state index contributed by atoms with van der Waals surface area (Å²) in [6.45, 7) is 3.00. The number of anilines is 1. The predicted octanol–water partition coefficient (Wildman–Crippen LogP) is 2.35. The summed E-state index contributed by atoms with van der Waals surface area (Å²) in [4.78, 5) is 42.8. The fraction of sp³-hybridized carbons (Fsp3) is 0.261. The van der Waals surface area contributed by atoms with Crippen molar-refractivity contribution in [1.82, 2.24) is 10.3 Å². The summed E-state index contributed by atoms with van der Waals surface area (Å²) in [7, 11) is 0. The fourth-order valence-electron chi connectivity index (χ4n) is 4.19. The smallest absolute Gasteiger partial charge is 0.292 e. The molecule has 158 valence electrons. The minimum atomic E-state index is -0.713. The monoisotopic (exact) mass is 419 g/mol. The van der Waals surface area contributed by atoms with Crippen molar-refractivity contribution in [3.63, 3.8) is 0 Å². The zero-order valence-corrected chi connectivity index (χ0v) is 16.9. The number of carbonyl (C=O) groups excluding carboxylic acids is 3. The molecule has 0 saturated carbocycles. The Labute approximate surface area is 178 Å². The second-order valence-electron chi connectivity index (χ2n) is 7.71. The first-order valence-corrected chi connectivity index (χ1v) is 10.1. The van der Waals surface area contributed by atoms with Gasteiger partial charge < -0.3 is 24.7 Å². The molecule has 5 rings (SSSR count). The van der Waals surface area contributed by atoms with Crippen LogP contribution in [0.25, 0.3) is 10.9 Å². The number of para-hydroxylation sites is 1. The molecular weight excluding hydrogens is 398 g/mol. The van der Waals surface area contributed by atoms with Crippen LogP contribution in [-0.4, -0.2) is 48.4 Å². The predicted molar refractivity (Wildman–Crippen MR) is 114 cm³/mol. The maximum Gasteiger partial charge on any atom is 0.292 e. The van der Waals surface area contributed by atoms with Crippen LogP contribution in [0.4, 0.5) is 5.69 Å². The van der Waals surface area contributed by atoms with E-state index < -0.39 is 17.7 Å². The van der Waals surface area contributed by atoms with Crippen LogP contribution in [0.3, 0.4) is 0 Å². The number of H-pyrrole nitrogens is 1. The number of aromatic nitrogens is 1. The van der Waals surface area contributed by atoms with Crippen molar-refractivity contribution in [2.45, 2.75) is 19.4 Å². The number of amides is 2. The maximum atomic E-state index is 12.9. The molecule has 2 aliphatic rings. The van der Waals surface area contributed by atoms with E-state index in [-0.39, 0.29) is 18.9 Å². The van der Waals surface area contributed by atoms with Crippen LogP contribution in [-0.2, 0) is 9.59 Å². The third kappa shape index (κ3) is 3.39. The summed E-state index contributed by atoms with van der Waals surface area (Å²) in [5.74, 6) is -0.215. The van der Waals surface area contributed by atoms with Gasteiger partial charge in [-0.25, -0.2) is 0 Å². The molecule has 0 spiro atoms. The van der Waals surface area contributed by atoms with Crippen molar-refractivity contribution >= 4 is 34.2 Å². The highest BCUT2D eigenvalue weighted by molar-refractivity contribution is 6.45. The molecule has 2 amide bonds. The topological polar surface area (TPSA) is 101 Å². The van der Waals surface area contributed by atoms with Gasteiger partial charge in [0.25, 0.3) is 11.7 Å². The van der Waals surface area contributed by atoms with Crippen molar-refractivity contribution in [3.05, 3.63) is 53.7 Å². The molecule has 2 aliphatic heterocycles. The summed E-state index contributed by atoms with van der Waals surface area (Å²) in [6, 6.07) is 12.2. The number of carbonyl (C=O) groups is 3. The van der Waals surface area contributed by atoms with Crippen molar-refractivity contribution in [2.24, 2.45) is 0 Å². The Morgan fingerprint density at radius 2 is 1.87 bits per heavy atom. The number of hydrogen-bond acceptors (Lipinski definition) is 5. The zero-order valence-electron chi connectivity index (χ0n) is 16.9. The normalized spacial score (nSPS) is 17.8. The number of fused-ring (bicyclic) bond motifs is 2. The lowest BCUT2D eigenvalue weighted by atomic mass is 10.1. The van der Waals surface area contributed by atoms with E-state index in [4.69, 9.17) is 9.47 Å². The van der Waals surface area contributed by atoms with Crippen LogP contribution in [0, 0.1) is 6.92 Å². The van der Waals surface area contributed by atoms with Gasteiger partial charge in [-0.3, -0.25) is 14.4 Å². The molecule has 1 atom stereocenters. The highest BCUT2D eigenvalue weighted by Crippen LogP contribution is 2.35. The molecule has 1 saturated heterocycles. The molecule has 1 fully saturated rings. The molecule has 8 heteroatoms. The summed E-state index contributed by atoms with van der Waals surface area (Å²) in [5, 5.41) is 3.44. The van der Waals surface area contributed by atoms with E-state index in [1.54, 1.807) is 30.0 Å². The molecule has 1 aromatic heterocycles. The highest BCUT2D eigenvalue weighted by Gasteiger charge is 2.34. The van der Waals surface area contributed by atoms with Crippen molar-refractivity contribution in [2.75, 3.05) is 24.7 Å². The van der Waals surface area contributed by atoms with E-state index in [2.05, 4.69) is 10.3 Å². The summed E-state index contributed by atoms with van der Waals surface area (Å²) < 4.78 is 11.1. The quantitative estimate of drug-likeness (QED) is 0.499. The Morgan fingerprint density at radius 3 is 2.71 bits per heavy atom. The summed E-state index contributed by atoms with van der Waals surface area (Å²) in [5.41, 5.74) is 2.48. The number of hydrogen-bond donors (Lipinski definition) is 2. The van der Waals surface area contributed by atoms with Gasteiger partial charge in [0.1, 0.15) is 13.2 Å². The second-order valence-corrected chi connectivity index (χ2v) is 7.71. The lowest BCUT2D eigenvalue weighted by molar-refractivity contribution is -0.118. The Morgan fingerprint density at radius 1 is 1.10 bits per heavy atom. The van der Waals surface area contributed by atoms with Gasteiger partial charge in [-0.05, 0) is 25.1 Å². The molecule has 8 nitrogen and oxygen atoms in total. The number of ketones is 1. The number of nitrogens with one attached hydrogen (secondary N) is 2. The van der Waals surface area contributed by atoms with Gasteiger partial charge in [-0.1, -0.05) is 18.2 Å². The van der Waals surface area contributed by atoms with Gasteiger partial charge in [0.05, 0.1) is 11.6 Å². The number of aromatic amines is 1. The third-order valence-corrected chi connectivity index (χ3v) is 5.62. The Balaban J connectivity index is 1.31. The van der Waals surface area contributed by atoms with Crippen molar-refractivity contribution in [1.29, 1.82) is 0 Å². The number of nitrogens with zero attached hydrogens (tertiary/aromatic N) is 1. The van der Waals surface area contributed by atoms with Crippen LogP contribution < -0.4 is 19.7 Å². The van der Waals surface area contributed by atoms with Crippen molar-refractivity contribution in [3.8, 4) is 11.5 Å². The Bertz CT molecular complexity index is 1220. The minimum absolute atomic E-state index is 0.125. The molecule has 2 aromatic carbocycles. The molecule has 0 bridgehead atoms. The largest absolute Gasteiger partial charge is 0.486 e. The standard InChI is InChI=1S/C23H21N3O5/c1-13-21(16-4-2-3-5-17(16)24-13)22(28)23(29)25-14-10-20(27)26(12-14)15-6-7-18-19(11-15)31-9-8-30-18/h2-7,11,14,24H,8-10,12H2,1H3,(H,25,29)/t14-/m1/s1. The zero-order chi connectivity index (χ0) is 21.5. The lowest BCUT2D eigenvalue weighted by Crippen LogP contribution is -2.41. The van der Waals surface area contributed by atoms with E-state index in [1.807, 2.05) is 24.3 Å². The van der Waals surface area contributed by atoms with E-state index >= 15 is 0 Å². The first-order chi connectivity index (χ1) is 15.0. The van der Waals surface area contributed by atoms with E-state index in [0.717, 1.165) is 5.52 Å². The molecular formula is C23H21N3O5. The van der Waals surface area contributed by atoms with Crippen LogP contribution in [0.2, 0.25) is 0 Å². The average molecular weight is 419 g/mol. The van der Waals surface area contributed by atoms with Crippen molar-refractivity contribution < 1.29 is 23.9 Å². The number of Topliss-reactive ketones (excluding diaryl/α,β-unsaturated/α-hetero) is 1. The third-order valence-electron chi connectivity index (χ3n) is 5.62. The molecule has 3 heterocycles. The molecule has 3 aromatic rings. The molecule has 2 N–H and O–H groups in total. The van der Waals surface area contributed by atoms with Gasteiger partial charge in [-0.15, -0.1) is 0 Å². The van der Waals surface area contributed by atoms with Gasteiger partial charge in [0.15, 0.2) is 11.5 Å². The summed E-state index contributed by atoms with van der Waals surface area (Å²) in [6.07, 6.45) is 0.125. The number of ether oxygens (including phenoxy) is 2. The van der Waals surface area contributed by atoms with Gasteiger partial charge in [-0.2, -0.15) is 0 Å².